The van der Waals surface area contributed by atoms with Crippen LogP contribution < -0.4 is 0 Å². The maximum absolute atomic E-state index is 11.4. The van der Waals surface area contributed by atoms with Crippen molar-refractivity contribution < 1.29 is 19.7 Å². The van der Waals surface area contributed by atoms with Crippen molar-refractivity contribution in [3.63, 3.8) is 0 Å². The molecule has 0 saturated heterocycles. The van der Waals surface area contributed by atoms with Crippen LogP contribution >= 0.6 is 0 Å². The quantitative estimate of drug-likeness (QED) is 0.750. The molecule has 5 aliphatic rings. The molecule has 26 heavy (non-hydrogen) atoms. The maximum atomic E-state index is 11.4. The van der Waals surface area contributed by atoms with E-state index >= 15 is 0 Å². The van der Waals surface area contributed by atoms with Gasteiger partial charge in [0.2, 0.25) is 0 Å². The minimum atomic E-state index is -0.835. The Morgan fingerprint density at radius 2 is 1.85 bits per heavy atom. The van der Waals surface area contributed by atoms with Crippen LogP contribution in [-0.4, -0.2) is 35.0 Å². The summed E-state index contributed by atoms with van der Waals surface area (Å²) in [6.07, 6.45) is 10.1. The monoisotopic (exact) mass is 364 g/mol. The van der Waals surface area contributed by atoms with Crippen LogP contribution in [-0.2, 0) is 9.53 Å². The third-order valence-corrected chi connectivity index (χ3v) is 9.38. The van der Waals surface area contributed by atoms with Gasteiger partial charge in [0, 0.05) is 13.5 Å². The molecule has 0 heterocycles. The molecule has 5 saturated carbocycles. The van der Waals surface area contributed by atoms with Crippen LogP contribution in [0.3, 0.4) is 0 Å². The van der Waals surface area contributed by atoms with Gasteiger partial charge in [-0.2, -0.15) is 0 Å². The van der Waals surface area contributed by atoms with E-state index in [0.29, 0.717) is 18.4 Å². The van der Waals surface area contributed by atoms with E-state index in [1.165, 1.54) is 32.6 Å². The molecule has 4 heteroatoms. The topological polar surface area (TPSA) is 66.8 Å². The zero-order valence-electron chi connectivity index (χ0n) is 16.7. The lowest BCUT2D eigenvalue weighted by molar-refractivity contribution is -0.248. The fourth-order valence-corrected chi connectivity index (χ4v) is 8.23. The second kappa shape index (κ2) is 5.94. The Kier molecular flexibility index (Phi) is 4.28. The Labute approximate surface area is 157 Å². The van der Waals surface area contributed by atoms with Crippen molar-refractivity contribution in [3.05, 3.63) is 0 Å². The molecule has 5 aliphatic carbocycles. The predicted molar refractivity (Wildman–Crippen MR) is 99.3 cm³/mol. The molecule has 7 atom stereocenters. The van der Waals surface area contributed by atoms with Gasteiger partial charge >= 0.3 is 5.97 Å². The number of aliphatic hydroxyl groups excluding tert-OH is 1. The number of fused-ring (bicyclic) bond motifs is 3. The lowest BCUT2D eigenvalue weighted by Crippen LogP contribution is -2.66. The van der Waals surface area contributed by atoms with Gasteiger partial charge in [0.25, 0.3) is 0 Å². The van der Waals surface area contributed by atoms with E-state index in [4.69, 9.17) is 4.74 Å². The van der Waals surface area contributed by atoms with Crippen LogP contribution in [0.5, 0.6) is 0 Å². The first-order chi connectivity index (χ1) is 12.2. The Bertz CT molecular complexity index is 591. The van der Waals surface area contributed by atoms with Crippen LogP contribution in [0.4, 0.5) is 0 Å². The molecule has 0 unspecified atom stereocenters. The molecular formula is C22H36O4. The summed E-state index contributed by atoms with van der Waals surface area (Å²) >= 11 is 0. The minimum absolute atomic E-state index is 0.0549. The van der Waals surface area contributed by atoms with E-state index in [1.54, 1.807) is 0 Å². The molecule has 2 bridgehead atoms. The van der Waals surface area contributed by atoms with Gasteiger partial charge < -0.3 is 14.9 Å². The second-order valence-corrected chi connectivity index (χ2v) is 10.7. The number of hydrogen-bond acceptors (Lipinski definition) is 4. The average molecular weight is 365 g/mol. The van der Waals surface area contributed by atoms with Gasteiger partial charge in [-0.25, -0.2) is 0 Å². The van der Waals surface area contributed by atoms with Crippen molar-refractivity contribution in [2.75, 3.05) is 13.2 Å². The van der Waals surface area contributed by atoms with Gasteiger partial charge in [-0.05, 0) is 85.4 Å². The van der Waals surface area contributed by atoms with Crippen LogP contribution in [0.25, 0.3) is 0 Å². The van der Waals surface area contributed by atoms with Gasteiger partial charge in [-0.15, -0.1) is 0 Å². The summed E-state index contributed by atoms with van der Waals surface area (Å²) in [6.45, 7) is 6.67. The molecule has 0 aromatic carbocycles. The Hall–Kier alpha value is -0.610. The van der Waals surface area contributed by atoms with Crippen molar-refractivity contribution in [2.45, 2.75) is 84.2 Å². The smallest absolute Gasteiger partial charge is 0.302 e. The van der Waals surface area contributed by atoms with E-state index in [0.717, 1.165) is 32.1 Å². The van der Waals surface area contributed by atoms with Crippen LogP contribution in [0.1, 0.15) is 78.6 Å². The van der Waals surface area contributed by atoms with Gasteiger partial charge in [0.15, 0.2) is 0 Å². The molecule has 0 radical (unpaired) electrons. The molecule has 0 aromatic heterocycles. The first-order valence-corrected chi connectivity index (χ1v) is 10.6. The second-order valence-electron chi connectivity index (χ2n) is 10.7. The lowest BCUT2D eigenvalue weighted by Gasteiger charge is -2.70. The molecule has 5 fully saturated rings. The summed E-state index contributed by atoms with van der Waals surface area (Å²) in [5, 5.41) is 21.5. The number of esters is 1. The first-order valence-electron chi connectivity index (χ1n) is 10.6. The van der Waals surface area contributed by atoms with E-state index in [2.05, 4.69) is 13.8 Å². The summed E-state index contributed by atoms with van der Waals surface area (Å²) in [6, 6.07) is 0. The standard InChI is InChI=1S/C22H36O4/c1-15(24)26-14-22(25)12-21-9-5-16(22)11-18(21)20(3)8-4-7-19(2,13-23)17(20)6-10-21/h16-18,23,25H,4-14H2,1-3H3/t16-,17+,18-,19-,20+,21+,22-/m0/s1. The third kappa shape index (κ3) is 2.51. The van der Waals surface area contributed by atoms with Gasteiger partial charge in [-0.1, -0.05) is 20.3 Å². The van der Waals surface area contributed by atoms with Gasteiger partial charge in [-0.3, -0.25) is 4.79 Å². The molecule has 0 aliphatic heterocycles. The van der Waals surface area contributed by atoms with Crippen molar-refractivity contribution >= 4 is 5.97 Å². The number of aliphatic hydroxyl groups is 2. The molecule has 0 aromatic rings. The Balaban J connectivity index is 1.63. The van der Waals surface area contributed by atoms with Crippen LogP contribution in [0, 0.1) is 34.0 Å². The molecule has 5 rings (SSSR count). The summed E-state index contributed by atoms with van der Waals surface area (Å²) in [5.74, 6) is 1.17. The Morgan fingerprint density at radius 1 is 1.12 bits per heavy atom. The van der Waals surface area contributed by atoms with Crippen molar-refractivity contribution in [3.8, 4) is 0 Å². The largest absolute Gasteiger partial charge is 0.463 e. The Morgan fingerprint density at radius 3 is 2.54 bits per heavy atom. The highest BCUT2D eigenvalue weighted by Crippen LogP contribution is 2.72. The lowest BCUT2D eigenvalue weighted by atomic mass is 9.36. The van der Waals surface area contributed by atoms with E-state index in [9.17, 15) is 15.0 Å². The molecule has 0 amide bonds. The van der Waals surface area contributed by atoms with Crippen molar-refractivity contribution in [1.82, 2.24) is 0 Å². The fraction of sp³-hybridized carbons (Fsp3) is 0.955. The fourth-order valence-electron chi connectivity index (χ4n) is 8.23. The highest BCUT2D eigenvalue weighted by atomic mass is 16.5. The van der Waals surface area contributed by atoms with Gasteiger partial charge in [0.05, 0.1) is 0 Å². The number of hydrogen-bond donors (Lipinski definition) is 2. The highest BCUT2D eigenvalue weighted by Gasteiger charge is 2.67. The summed E-state index contributed by atoms with van der Waals surface area (Å²) in [7, 11) is 0. The number of carbonyl (C=O) groups excluding carboxylic acids is 1. The zero-order chi connectivity index (χ0) is 18.8. The number of carbonyl (C=O) groups is 1. The van der Waals surface area contributed by atoms with Crippen LogP contribution in [0.15, 0.2) is 0 Å². The summed E-state index contributed by atoms with van der Waals surface area (Å²) < 4.78 is 5.27. The van der Waals surface area contributed by atoms with Crippen molar-refractivity contribution in [2.24, 2.45) is 34.0 Å². The zero-order valence-corrected chi connectivity index (χ0v) is 16.7. The van der Waals surface area contributed by atoms with E-state index in [-0.39, 0.29) is 34.7 Å². The van der Waals surface area contributed by atoms with E-state index < -0.39 is 5.60 Å². The number of rotatable bonds is 3. The molecular weight excluding hydrogens is 328 g/mol. The molecule has 4 nitrogen and oxygen atoms in total. The average Bonchev–Trinajstić information content (AvgIpc) is 2.59. The molecule has 1 spiro atoms. The summed E-state index contributed by atoms with van der Waals surface area (Å²) in [5.41, 5.74) is -0.310. The third-order valence-electron chi connectivity index (χ3n) is 9.38. The molecule has 148 valence electrons. The van der Waals surface area contributed by atoms with Crippen LogP contribution in [0.2, 0.25) is 0 Å². The number of ether oxygens (including phenoxy) is 1. The van der Waals surface area contributed by atoms with Gasteiger partial charge in [0.1, 0.15) is 12.2 Å². The highest BCUT2D eigenvalue weighted by molar-refractivity contribution is 5.66. The molecule has 2 N–H and O–H groups in total. The van der Waals surface area contributed by atoms with Crippen molar-refractivity contribution in [1.29, 1.82) is 0 Å². The minimum Gasteiger partial charge on any atom is -0.463 e. The SMILES string of the molecule is CC(=O)OC[C@@]1(O)C[C@]23CC[C@H]1C[C@H]2[C@]1(C)CCC[C@@](C)(CO)[C@H]1CC3. The predicted octanol–water partition coefficient (Wildman–Crippen LogP) is 3.69. The maximum Gasteiger partial charge on any atom is 0.302 e. The van der Waals surface area contributed by atoms with E-state index in [1.807, 2.05) is 0 Å². The normalized spacial score (nSPS) is 52.9. The summed E-state index contributed by atoms with van der Waals surface area (Å²) in [4.78, 5) is 11.3. The first kappa shape index (κ1) is 18.7.